The molecule has 0 aromatic carbocycles. The largest absolute Gasteiger partial charge is 0.303 e. The van der Waals surface area contributed by atoms with Crippen LogP contribution in [0.15, 0.2) is 24.3 Å². The number of hydrogen-bond donors (Lipinski definition) is 0. The fraction of sp³-hybridized carbons (Fsp3) is 0.688. The molecule has 17 heavy (non-hydrogen) atoms. The van der Waals surface area contributed by atoms with Gasteiger partial charge >= 0.3 is 0 Å². The molecule has 1 nitrogen and oxygen atoms in total. The van der Waals surface area contributed by atoms with Gasteiger partial charge in [-0.05, 0) is 50.9 Å². The van der Waals surface area contributed by atoms with Crippen LogP contribution in [-0.4, -0.2) is 6.29 Å². The van der Waals surface area contributed by atoms with Crippen LogP contribution in [0.5, 0.6) is 0 Å². The first-order valence-corrected chi connectivity index (χ1v) is 7.08. The van der Waals surface area contributed by atoms with Gasteiger partial charge in [0, 0.05) is 5.92 Å². The molecule has 0 spiro atoms. The molecule has 0 bridgehead atoms. The maximum absolute atomic E-state index is 10.7. The molecule has 0 aromatic heterocycles. The Labute approximate surface area is 106 Å². The lowest BCUT2D eigenvalue weighted by molar-refractivity contribution is -0.111. The van der Waals surface area contributed by atoms with Crippen molar-refractivity contribution in [1.82, 2.24) is 0 Å². The van der Waals surface area contributed by atoms with Crippen molar-refractivity contribution in [3.05, 3.63) is 24.3 Å². The van der Waals surface area contributed by atoms with Gasteiger partial charge in [0.25, 0.3) is 0 Å². The van der Waals surface area contributed by atoms with Gasteiger partial charge in [0.1, 0.15) is 6.29 Å². The van der Waals surface area contributed by atoms with E-state index in [9.17, 15) is 4.79 Å². The molecule has 1 aliphatic carbocycles. The molecular weight excluding hydrogens is 208 g/mol. The average molecular weight is 234 g/mol. The van der Waals surface area contributed by atoms with Crippen molar-refractivity contribution < 1.29 is 4.79 Å². The van der Waals surface area contributed by atoms with Crippen molar-refractivity contribution in [3.63, 3.8) is 0 Å². The molecule has 0 amide bonds. The molecule has 2 atom stereocenters. The van der Waals surface area contributed by atoms with Crippen molar-refractivity contribution in [3.8, 4) is 0 Å². The number of rotatable bonds is 3. The lowest BCUT2D eigenvalue weighted by Crippen LogP contribution is -2.07. The summed E-state index contributed by atoms with van der Waals surface area (Å²) < 4.78 is 0. The van der Waals surface area contributed by atoms with Crippen molar-refractivity contribution in [2.24, 2.45) is 11.8 Å². The number of carbonyl (C=O) groups is 1. The molecule has 0 aliphatic heterocycles. The first-order valence-electron chi connectivity index (χ1n) is 7.08. The Balaban J connectivity index is 2.41. The fourth-order valence-corrected chi connectivity index (χ4v) is 2.48. The molecule has 0 fully saturated rings. The number of aldehydes is 1. The zero-order valence-corrected chi connectivity index (χ0v) is 11.1. The Bertz CT molecular complexity index is 252. The Hall–Kier alpha value is -0.850. The smallest absolute Gasteiger partial charge is 0.122 e. The standard InChI is InChI=1S/C16H26O/c1-15(14-17)13-16-11-9-7-5-3-2-4-6-8-10-12-16/h3,5-6,8,14-16H,2,4,7,9-13H2,1H3/b5-3-,8-6-. The van der Waals surface area contributed by atoms with Crippen LogP contribution in [0.3, 0.4) is 0 Å². The summed E-state index contributed by atoms with van der Waals surface area (Å²) in [5.41, 5.74) is 0. The highest BCUT2D eigenvalue weighted by Crippen LogP contribution is 2.23. The summed E-state index contributed by atoms with van der Waals surface area (Å²) in [6.07, 6.45) is 19.9. The van der Waals surface area contributed by atoms with Crippen molar-refractivity contribution in [2.45, 2.75) is 58.3 Å². The van der Waals surface area contributed by atoms with Crippen LogP contribution in [0.25, 0.3) is 0 Å². The summed E-state index contributed by atoms with van der Waals surface area (Å²) in [5.74, 6) is 0.958. The first kappa shape index (κ1) is 14.2. The van der Waals surface area contributed by atoms with E-state index >= 15 is 0 Å². The number of allylic oxidation sites excluding steroid dienone is 4. The molecule has 1 rings (SSSR count). The highest BCUT2D eigenvalue weighted by atomic mass is 16.1. The lowest BCUT2D eigenvalue weighted by Gasteiger charge is -2.17. The van der Waals surface area contributed by atoms with Gasteiger partial charge in [-0.1, -0.05) is 37.6 Å². The van der Waals surface area contributed by atoms with E-state index in [1.807, 2.05) is 6.92 Å². The minimum Gasteiger partial charge on any atom is -0.303 e. The molecular formula is C16H26O. The van der Waals surface area contributed by atoms with Crippen LogP contribution >= 0.6 is 0 Å². The second kappa shape index (κ2) is 9.21. The van der Waals surface area contributed by atoms with Crippen LogP contribution in [0.1, 0.15) is 58.3 Å². The van der Waals surface area contributed by atoms with E-state index in [1.54, 1.807) is 0 Å². The third kappa shape index (κ3) is 7.14. The van der Waals surface area contributed by atoms with Gasteiger partial charge in [0.2, 0.25) is 0 Å². The third-order valence-electron chi connectivity index (χ3n) is 3.50. The molecule has 2 unspecified atom stereocenters. The van der Waals surface area contributed by atoms with E-state index in [1.165, 1.54) is 44.9 Å². The maximum Gasteiger partial charge on any atom is 0.122 e. The summed E-state index contributed by atoms with van der Waals surface area (Å²) in [4.78, 5) is 10.7. The SMILES string of the molecule is CC(C=O)CC1CC/C=C\CC/C=C\CCC1. The van der Waals surface area contributed by atoms with Crippen molar-refractivity contribution >= 4 is 6.29 Å². The molecule has 1 heteroatoms. The quantitative estimate of drug-likeness (QED) is 0.511. The third-order valence-corrected chi connectivity index (χ3v) is 3.50. The van der Waals surface area contributed by atoms with Gasteiger partial charge in [-0.3, -0.25) is 0 Å². The predicted octanol–water partition coefficient (Wildman–Crippen LogP) is 4.68. The van der Waals surface area contributed by atoms with Crippen LogP contribution < -0.4 is 0 Å². The molecule has 96 valence electrons. The topological polar surface area (TPSA) is 17.1 Å². The van der Waals surface area contributed by atoms with Gasteiger partial charge in [-0.15, -0.1) is 0 Å². The zero-order valence-electron chi connectivity index (χ0n) is 11.1. The fourth-order valence-electron chi connectivity index (χ4n) is 2.48. The Morgan fingerprint density at radius 2 is 1.71 bits per heavy atom. The normalized spacial score (nSPS) is 28.4. The van der Waals surface area contributed by atoms with E-state index in [-0.39, 0.29) is 5.92 Å². The summed E-state index contributed by atoms with van der Waals surface area (Å²) >= 11 is 0. The lowest BCUT2D eigenvalue weighted by atomic mass is 9.88. The minimum atomic E-state index is 0.229. The van der Waals surface area contributed by atoms with Gasteiger partial charge < -0.3 is 4.79 Å². The summed E-state index contributed by atoms with van der Waals surface area (Å²) in [6.45, 7) is 2.04. The highest BCUT2D eigenvalue weighted by Gasteiger charge is 2.11. The number of hydrogen-bond acceptors (Lipinski definition) is 1. The van der Waals surface area contributed by atoms with E-state index in [0.717, 1.165) is 18.6 Å². The Kier molecular flexibility index (Phi) is 7.70. The highest BCUT2D eigenvalue weighted by molar-refractivity contribution is 5.52. The second-order valence-corrected chi connectivity index (χ2v) is 5.24. The maximum atomic E-state index is 10.7. The first-order chi connectivity index (χ1) is 8.33. The molecule has 0 radical (unpaired) electrons. The predicted molar refractivity (Wildman–Crippen MR) is 73.9 cm³/mol. The minimum absolute atomic E-state index is 0.229. The van der Waals surface area contributed by atoms with E-state index in [4.69, 9.17) is 0 Å². The molecule has 0 saturated heterocycles. The Morgan fingerprint density at radius 1 is 1.06 bits per heavy atom. The van der Waals surface area contributed by atoms with E-state index in [0.29, 0.717) is 0 Å². The molecule has 0 heterocycles. The average Bonchev–Trinajstić information content (AvgIpc) is 2.32. The molecule has 0 N–H and O–H groups in total. The van der Waals surface area contributed by atoms with Crippen LogP contribution in [0.2, 0.25) is 0 Å². The van der Waals surface area contributed by atoms with Crippen LogP contribution in [0, 0.1) is 11.8 Å². The molecule has 0 aromatic rings. The number of carbonyl (C=O) groups excluding carboxylic acids is 1. The second-order valence-electron chi connectivity index (χ2n) is 5.24. The van der Waals surface area contributed by atoms with Crippen molar-refractivity contribution in [1.29, 1.82) is 0 Å². The summed E-state index contributed by atoms with van der Waals surface area (Å²) in [7, 11) is 0. The van der Waals surface area contributed by atoms with Gasteiger partial charge in [-0.2, -0.15) is 0 Å². The van der Waals surface area contributed by atoms with Crippen LogP contribution in [-0.2, 0) is 4.79 Å². The summed E-state index contributed by atoms with van der Waals surface area (Å²) in [6, 6.07) is 0. The Morgan fingerprint density at radius 3 is 2.41 bits per heavy atom. The van der Waals surface area contributed by atoms with Gasteiger partial charge in [0.05, 0.1) is 0 Å². The zero-order chi connectivity index (χ0) is 12.3. The monoisotopic (exact) mass is 234 g/mol. The molecule has 1 aliphatic rings. The molecule has 0 saturated carbocycles. The van der Waals surface area contributed by atoms with Crippen LogP contribution in [0.4, 0.5) is 0 Å². The van der Waals surface area contributed by atoms with Gasteiger partial charge in [-0.25, -0.2) is 0 Å². The summed E-state index contributed by atoms with van der Waals surface area (Å²) in [5, 5.41) is 0. The van der Waals surface area contributed by atoms with Crippen molar-refractivity contribution in [2.75, 3.05) is 0 Å². The van der Waals surface area contributed by atoms with Gasteiger partial charge in [0.15, 0.2) is 0 Å². The van der Waals surface area contributed by atoms with E-state index < -0.39 is 0 Å². The van der Waals surface area contributed by atoms with E-state index in [2.05, 4.69) is 24.3 Å².